The summed E-state index contributed by atoms with van der Waals surface area (Å²) in [4.78, 5) is 24.0. The number of Topliss-reactive ketones (excluding diaryl/α,β-unsaturated/α-hetero) is 1. The van der Waals surface area contributed by atoms with Crippen LogP contribution < -0.4 is 10.4 Å². The normalized spacial score (nSPS) is 12.1. The molecule has 0 radical (unpaired) electrons. The first kappa shape index (κ1) is 19.2. The second-order valence-corrected chi connectivity index (χ2v) is 7.08. The summed E-state index contributed by atoms with van der Waals surface area (Å²) in [7, 11) is 0. The molecule has 27 heavy (non-hydrogen) atoms. The van der Waals surface area contributed by atoms with Gasteiger partial charge in [0.05, 0.1) is 5.02 Å². The lowest BCUT2D eigenvalue weighted by Crippen LogP contribution is -2.12. The van der Waals surface area contributed by atoms with E-state index in [2.05, 4.69) is 13.8 Å². The molecule has 0 saturated heterocycles. The van der Waals surface area contributed by atoms with Crippen molar-refractivity contribution in [2.75, 3.05) is 6.61 Å². The number of ketones is 1. The average Bonchev–Trinajstić information content (AvgIpc) is 2.66. The number of hydrogen-bond donors (Lipinski definition) is 0. The molecule has 2 aromatic carbocycles. The zero-order valence-electron chi connectivity index (χ0n) is 15.5. The van der Waals surface area contributed by atoms with Gasteiger partial charge in [0, 0.05) is 23.1 Å². The number of fused-ring (bicyclic) bond motifs is 1. The summed E-state index contributed by atoms with van der Waals surface area (Å²) < 4.78 is 10.8. The van der Waals surface area contributed by atoms with Crippen LogP contribution in [-0.2, 0) is 0 Å². The SMILES string of the molecule is CC[C@H](C)c1ccc(C(=O)COc2cc3oc(=O)cc(C)c3cc2Cl)cc1. The van der Waals surface area contributed by atoms with E-state index in [1.807, 2.05) is 31.2 Å². The summed E-state index contributed by atoms with van der Waals surface area (Å²) >= 11 is 6.26. The standard InChI is InChI=1S/C22H21ClO4/c1-4-13(2)15-5-7-16(8-6-15)19(24)12-26-21-11-20-17(10-18(21)23)14(3)9-22(25)27-20/h5-11,13H,4,12H2,1-3H3/t13-/m0/s1. The van der Waals surface area contributed by atoms with Crippen molar-refractivity contribution in [2.24, 2.45) is 0 Å². The Morgan fingerprint density at radius 2 is 1.89 bits per heavy atom. The van der Waals surface area contributed by atoms with Gasteiger partial charge in [0.15, 0.2) is 12.4 Å². The van der Waals surface area contributed by atoms with E-state index >= 15 is 0 Å². The van der Waals surface area contributed by atoms with Gasteiger partial charge in [-0.2, -0.15) is 0 Å². The van der Waals surface area contributed by atoms with Crippen LogP contribution in [0.1, 0.15) is 47.7 Å². The van der Waals surface area contributed by atoms with E-state index in [-0.39, 0.29) is 12.4 Å². The zero-order chi connectivity index (χ0) is 19.6. The van der Waals surface area contributed by atoms with Crippen molar-refractivity contribution in [3.05, 3.63) is 74.6 Å². The van der Waals surface area contributed by atoms with Gasteiger partial charge in [-0.05, 0) is 36.5 Å². The Hall–Kier alpha value is -2.59. The maximum atomic E-state index is 12.4. The topological polar surface area (TPSA) is 56.5 Å². The van der Waals surface area contributed by atoms with Crippen molar-refractivity contribution in [1.29, 1.82) is 0 Å². The van der Waals surface area contributed by atoms with Crippen LogP contribution >= 0.6 is 11.6 Å². The molecule has 0 spiro atoms. The number of ether oxygens (including phenoxy) is 1. The molecular formula is C22H21ClO4. The van der Waals surface area contributed by atoms with Crippen molar-refractivity contribution in [3.63, 3.8) is 0 Å². The number of hydrogen-bond acceptors (Lipinski definition) is 4. The van der Waals surface area contributed by atoms with Crippen LogP contribution in [0.2, 0.25) is 5.02 Å². The number of carbonyl (C=O) groups excluding carboxylic acids is 1. The van der Waals surface area contributed by atoms with Crippen molar-refractivity contribution in [3.8, 4) is 5.75 Å². The van der Waals surface area contributed by atoms with E-state index in [0.29, 0.717) is 27.8 Å². The van der Waals surface area contributed by atoms with Gasteiger partial charge in [-0.25, -0.2) is 4.79 Å². The number of aryl methyl sites for hydroxylation is 1. The van der Waals surface area contributed by atoms with Crippen LogP contribution in [0.15, 0.2) is 51.7 Å². The molecule has 0 fully saturated rings. The maximum absolute atomic E-state index is 12.4. The fraction of sp³-hybridized carbons (Fsp3) is 0.273. The molecule has 5 heteroatoms. The highest BCUT2D eigenvalue weighted by Crippen LogP contribution is 2.31. The molecule has 1 heterocycles. The molecule has 3 rings (SSSR count). The highest BCUT2D eigenvalue weighted by Gasteiger charge is 2.13. The molecule has 1 aromatic heterocycles. The third-order valence-corrected chi connectivity index (χ3v) is 5.07. The second-order valence-electron chi connectivity index (χ2n) is 6.67. The van der Waals surface area contributed by atoms with Gasteiger partial charge in [0.2, 0.25) is 0 Å². The molecule has 0 N–H and O–H groups in total. The van der Waals surface area contributed by atoms with Gasteiger partial charge in [-0.1, -0.05) is 49.7 Å². The number of halogens is 1. The molecule has 0 aliphatic heterocycles. The van der Waals surface area contributed by atoms with Crippen molar-refractivity contribution < 1.29 is 13.9 Å². The van der Waals surface area contributed by atoms with E-state index in [9.17, 15) is 9.59 Å². The summed E-state index contributed by atoms with van der Waals surface area (Å²) in [6.07, 6.45) is 1.05. The molecule has 1 atom stereocenters. The Kier molecular flexibility index (Phi) is 5.66. The largest absolute Gasteiger partial charge is 0.484 e. The predicted molar refractivity (Wildman–Crippen MR) is 107 cm³/mol. The lowest BCUT2D eigenvalue weighted by molar-refractivity contribution is 0.0921. The maximum Gasteiger partial charge on any atom is 0.336 e. The fourth-order valence-corrected chi connectivity index (χ4v) is 3.11. The first-order valence-corrected chi connectivity index (χ1v) is 9.26. The zero-order valence-corrected chi connectivity index (χ0v) is 16.3. The third-order valence-electron chi connectivity index (χ3n) is 4.78. The van der Waals surface area contributed by atoms with E-state index in [4.69, 9.17) is 20.8 Å². The van der Waals surface area contributed by atoms with Crippen LogP contribution in [0.5, 0.6) is 5.75 Å². The van der Waals surface area contributed by atoms with Gasteiger partial charge >= 0.3 is 5.63 Å². The van der Waals surface area contributed by atoms with E-state index in [1.54, 1.807) is 12.1 Å². The summed E-state index contributed by atoms with van der Waals surface area (Å²) in [5, 5.41) is 1.10. The molecular weight excluding hydrogens is 364 g/mol. The van der Waals surface area contributed by atoms with Crippen LogP contribution in [0, 0.1) is 6.92 Å². The molecule has 140 valence electrons. The number of benzene rings is 2. The number of rotatable bonds is 6. The molecule has 0 aliphatic rings. The Balaban J connectivity index is 1.77. The van der Waals surface area contributed by atoms with Crippen LogP contribution in [0.3, 0.4) is 0 Å². The van der Waals surface area contributed by atoms with E-state index < -0.39 is 5.63 Å². The molecule has 0 unspecified atom stereocenters. The highest BCUT2D eigenvalue weighted by molar-refractivity contribution is 6.32. The third kappa shape index (κ3) is 4.22. The lowest BCUT2D eigenvalue weighted by atomic mass is 9.97. The summed E-state index contributed by atoms with van der Waals surface area (Å²) in [5.41, 5.74) is 2.50. The highest BCUT2D eigenvalue weighted by atomic mass is 35.5. The van der Waals surface area contributed by atoms with Gasteiger partial charge in [0.25, 0.3) is 0 Å². The molecule has 4 nitrogen and oxygen atoms in total. The van der Waals surface area contributed by atoms with E-state index in [0.717, 1.165) is 17.4 Å². The van der Waals surface area contributed by atoms with Crippen LogP contribution in [0.4, 0.5) is 0 Å². The molecule has 0 bridgehead atoms. The molecule has 0 saturated carbocycles. The smallest absolute Gasteiger partial charge is 0.336 e. The monoisotopic (exact) mass is 384 g/mol. The van der Waals surface area contributed by atoms with Gasteiger partial charge in [0.1, 0.15) is 11.3 Å². The summed E-state index contributed by atoms with van der Waals surface area (Å²) in [6.45, 7) is 5.95. The Labute approximate surface area is 162 Å². The minimum atomic E-state index is -0.439. The lowest BCUT2D eigenvalue weighted by Gasteiger charge is -2.11. The first-order valence-electron chi connectivity index (χ1n) is 8.89. The first-order chi connectivity index (χ1) is 12.9. The Morgan fingerprint density at radius 3 is 2.56 bits per heavy atom. The molecule has 0 aliphatic carbocycles. The van der Waals surface area contributed by atoms with Crippen LogP contribution in [-0.4, -0.2) is 12.4 Å². The summed E-state index contributed by atoms with van der Waals surface area (Å²) in [5.74, 6) is 0.620. The average molecular weight is 385 g/mol. The number of carbonyl (C=O) groups is 1. The Bertz CT molecular complexity index is 1030. The van der Waals surface area contributed by atoms with Crippen molar-refractivity contribution >= 4 is 28.4 Å². The van der Waals surface area contributed by atoms with Gasteiger partial charge in [-0.3, -0.25) is 4.79 Å². The predicted octanol–water partition coefficient (Wildman–Crippen LogP) is 5.53. The van der Waals surface area contributed by atoms with Crippen molar-refractivity contribution in [2.45, 2.75) is 33.1 Å². The van der Waals surface area contributed by atoms with E-state index in [1.165, 1.54) is 11.6 Å². The Morgan fingerprint density at radius 1 is 1.19 bits per heavy atom. The molecule has 0 amide bonds. The second kappa shape index (κ2) is 7.97. The fourth-order valence-electron chi connectivity index (χ4n) is 2.89. The minimum Gasteiger partial charge on any atom is -0.484 e. The molecule has 3 aromatic rings. The quantitative estimate of drug-likeness (QED) is 0.414. The van der Waals surface area contributed by atoms with Gasteiger partial charge in [-0.15, -0.1) is 0 Å². The minimum absolute atomic E-state index is 0.146. The van der Waals surface area contributed by atoms with Gasteiger partial charge < -0.3 is 9.15 Å². The van der Waals surface area contributed by atoms with Crippen LogP contribution in [0.25, 0.3) is 11.0 Å². The van der Waals surface area contributed by atoms with Crippen molar-refractivity contribution in [1.82, 2.24) is 0 Å². The summed E-state index contributed by atoms with van der Waals surface area (Å²) in [6, 6.07) is 12.2.